The number of nitrogens with zero attached hydrogens (tertiary/aromatic N) is 3. The fourth-order valence-corrected chi connectivity index (χ4v) is 3.92. The van der Waals surface area contributed by atoms with Gasteiger partial charge in [-0.15, -0.1) is 0 Å². The Bertz CT molecular complexity index is 969. The number of guanidine groups is 1. The van der Waals surface area contributed by atoms with Crippen molar-refractivity contribution in [1.29, 1.82) is 0 Å². The lowest BCUT2D eigenvalue weighted by atomic mass is 10.1. The number of nitrogens with one attached hydrogen (secondary N) is 2. The first-order valence-corrected chi connectivity index (χ1v) is 11.5. The Kier molecular flexibility index (Phi) is 7.78. The van der Waals surface area contributed by atoms with Crippen LogP contribution in [0.1, 0.15) is 29.4 Å². The summed E-state index contributed by atoms with van der Waals surface area (Å²) in [5, 5.41) is 10.9. The van der Waals surface area contributed by atoms with Crippen LogP contribution in [-0.2, 0) is 28.7 Å². The molecule has 0 bridgehead atoms. The molecule has 0 aliphatic rings. The Balaban J connectivity index is 1.94. The second kappa shape index (κ2) is 9.87. The van der Waals surface area contributed by atoms with Crippen molar-refractivity contribution in [3.63, 3.8) is 0 Å². The van der Waals surface area contributed by atoms with E-state index in [0.717, 1.165) is 24.2 Å². The van der Waals surface area contributed by atoms with Gasteiger partial charge in [-0.05, 0) is 49.1 Å². The minimum atomic E-state index is -3.21. The molecule has 9 heteroatoms. The van der Waals surface area contributed by atoms with Gasteiger partial charge in [0.05, 0.1) is 11.4 Å². The third-order valence-electron chi connectivity index (χ3n) is 4.46. The summed E-state index contributed by atoms with van der Waals surface area (Å²) in [6.07, 6.45) is 1.16. The predicted octanol–water partition coefficient (Wildman–Crippen LogP) is 2.18. The van der Waals surface area contributed by atoms with Gasteiger partial charge in [0, 0.05) is 38.6 Å². The summed E-state index contributed by atoms with van der Waals surface area (Å²) < 4.78 is 38.9. The summed E-state index contributed by atoms with van der Waals surface area (Å²) >= 11 is 0. The second-order valence-corrected chi connectivity index (χ2v) is 9.64. The molecular formula is C20H30FN5O2S. The normalized spacial score (nSPS) is 13.4. The number of halogens is 1. The van der Waals surface area contributed by atoms with Gasteiger partial charge in [-0.3, -0.25) is 9.67 Å². The summed E-state index contributed by atoms with van der Waals surface area (Å²) in [4.78, 5) is 4.19. The number of aliphatic imine (C=N–C) groups is 1. The highest BCUT2D eigenvalue weighted by atomic mass is 32.2. The van der Waals surface area contributed by atoms with Gasteiger partial charge < -0.3 is 10.6 Å². The van der Waals surface area contributed by atoms with Gasteiger partial charge in [0.15, 0.2) is 15.8 Å². The van der Waals surface area contributed by atoms with Crippen molar-refractivity contribution in [3.05, 3.63) is 52.6 Å². The van der Waals surface area contributed by atoms with Gasteiger partial charge in [0.25, 0.3) is 0 Å². The Morgan fingerprint density at radius 1 is 1.24 bits per heavy atom. The van der Waals surface area contributed by atoms with Gasteiger partial charge in [0.2, 0.25) is 0 Å². The van der Waals surface area contributed by atoms with Gasteiger partial charge in [-0.1, -0.05) is 13.0 Å². The van der Waals surface area contributed by atoms with Crippen LogP contribution in [0.25, 0.3) is 0 Å². The van der Waals surface area contributed by atoms with E-state index in [1.165, 1.54) is 18.2 Å². The molecule has 29 heavy (non-hydrogen) atoms. The number of benzene rings is 1. The van der Waals surface area contributed by atoms with Crippen molar-refractivity contribution in [3.8, 4) is 0 Å². The molecule has 1 heterocycles. The molecule has 1 unspecified atom stereocenters. The van der Waals surface area contributed by atoms with Crippen molar-refractivity contribution in [2.45, 2.75) is 39.6 Å². The van der Waals surface area contributed by atoms with Crippen LogP contribution in [0, 0.1) is 25.6 Å². The molecule has 0 saturated heterocycles. The lowest BCUT2D eigenvalue weighted by Crippen LogP contribution is -2.39. The molecule has 0 radical (unpaired) electrons. The van der Waals surface area contributed by atoms with Gasteiger partial charge >= 0.3 is 0 Å². The van der Waals surface area contributed by atoms with E-state index in [1.54, 1.807) is 7.05 Å². The Morgan fingerprint density at radius 3 is 2.55 bits per heavy atom. The van der Waals surface area contributed by atoms with E-state index in [9.17, 15) is 12.8 Å². The van der Waals surface area contributed by atoms with E-state index in [0.29, 0.717) is 29.5 Å². The van der Waals surface area contributed by atoms with Crippen molar-refractivity contribution in [1.82, 2.24) is 20.4 Å². The average Bonchev–Trinajstić information content (AvgIpc) is 2.93. The van der Waals surface area contributed by atoms with E-state index in [-0.39, 0.29) is 12.3 Å². The first kappa shape index (κ1) is 22.9. The molecule has 1 aromatic heterocycles. The molecule has 2 N–H and O–H groups in total. The Labute approximate surface area is 172 Å². The van der Waals surface area contributed by atoms with E-state index in [2.05, 4.69) is 27.6 Å². The molecule has 0 aliphatic carbocycles. The van der Waals surface area contributed by atoms with E-state index < -0.39 is 15.7 Å². The highest BCUT2D eigenvalue weighted by Gasteiger charge is 2.12. The first-order chi connectivity index (χ1) is 13.6. The molecule has 0 aliphatic heterocycles. The number of aryl methyl sites for hydroxylation is 2. The number of sulfone groups is 1. The number of rotatable bonds is 8. The fraction of sp³-hybridized carbons (Fsp3) is 0.500. The maximum atomic E-state index is 13.7. The number of aromatic nitrogens is 2. The highest BCUT2D eigenvalue weighted by Crippen LogP contribution is 2.14. The fourth-order valence-electron chi connectivity index (χ4n) is 3.07. The summed E-state index contributed by atoms with van der Waals surface area (Å²) in [7, 11) is -1.56. The quantitative estimate of drug-likeness (QED) is 0.502. The van der Waals surface area contributed by atoms with E-state index >= 15 is 0 Å². The predicted molar refractivity (Wildman–Crippen MR) is 114 cm³/mol. The van der Waals surface area contributed by atoms with Gasteiger partial charge in [-0.2, -0.15) is 5.10 Å². The molecule has 1 aromatic carbocycles. The summed E-state index contributed by atoms with van der Waals surface area (Å²) in [6, 6.07) is 6.19. The Hall–Kier alpha value is -2.42. The van der Waals surface area contributed by atoms with Gasteiger partial charge in [0.1, 0.15) is 5.82 Å². The SMILES string of the molecule is CN=C(NCc1cc(F)ccc1CS(C)(=O)=O)NCC(C)Cn1nc(C)cc1C. The van der Waals surface area contributed by atoms with Crippen molar-refractivity contribution in [2.24, 2.45) is 10.9 Å². The lowest BCUT2D eigenvalue weighted by molar-refractivity contribution is 0.436. The summed E-state index contributed by atoms with van der Waals surface area (Å²) in [5.41, 5.74) is 3.30. The molecule has 0 saturated carbocycles. The zero-order valence-electron chi connectivity index (χ0n) is 17.7. The molecule has 160 valence electrons. The van der Waals surface area contributed by atoms with Crippen LogP contribution in [0.5, 0.6) is 0 Å². The first-order valence-electron chi connectivity index (χ1n) is 9.48. The van der Waals surface area contributed by atoms with Gasteiger partial charge in [-0.25, -0.2) is 12.8 Å². The van der Waals surface area contributed by atoms with Crippen LogP contribution in [0.3, 0.4) is 0 Å². The van der Waals surface area contributed by atoms with E-state index in [1.807, 2.05) is 24.6 Å². The minimum Gasteiger partial charge on any atom is -0.356 e. The zero-order chi connectivity index (χ0) is 21.6. The van der Waals surface area contributed by atoms with Crippen LogP contribution < -0.4 is 10.6 Å². The van der Waals surface area contributed by atoms with Crippen molar-refractivity contribution < 1.29 is 12.8 Å². The Morgan fingerprint density at radius 2 is 1.97 bits per heavy atom. The molecule has 7 nitrogen and oxygen atoms in total. The van der Waals surface area contributed by atoms with E-state index in [4.69, 9.17) is 0 Å². The maximum absolute atomic E-state index is 13.7. The average molecular weight is 424 g/mol. The monoisotopic (exact) mass is 423 g/mol. The smallest absolute Gasteiger partial charge is 0.191 e. The molecule has 2 rings (SSSR count). The minimum absolute atomic E-state index is 0.129. The molecule has 1 atom stereocenters. The summed E-state index contributed by atoms with van der Waals surface area (Å²) in [5.74, 6) is 0.345. The number of hydrogen-bond donors (Lipinski definition) is 2. The topological polar surface area (TPSA) is 88.4 Å². The molecule has 0 amide bonds. The molecule has 2 aromatic rings. The molecular weight excluding hydrogens is 393 g/mol. The zero-order valence-corrected chi connectivity index (χ0v) is 18.5. The molecule has 0 spiro atoms. The standard InChI is InChI=1S/C20H30FN5O2S/c1-14(12-26-16(3)8-15(2)25-26)10-23-20(22-4)24-11-18-9-19(21)7-6-17(18)13-29(5,27)28/h6-9,14H,10-13H2,1-5H3,(H2,22,23,24). The van der Waals surface area contributed by atoms with Crippen molar-refractivity contribution >= 4 is 15.8 Å². The summed E-state index contributed by atoms with van der Waals surface area (Å²) in [6.45, 7) is 7.86. The third kappa shape index (κ3) is 7.49. The highest BCUT2D eigenvalue weighted by molar-refractivity contribution is 7.89. The number of hydrogen-bond acceptors (Lipinski definition) is 4. The van der Waals surface area contributed by atoms with Crippen molar-refractivity contribution in [2.75, 3.05) is 19.8 Å². The largest absolute Gasteiger partial charge is 0.356 e. The van der Waals surface area contributed by atoms with Crippen LogP contribution in [-0.4, -0.2) is 44.0 Å². The van der Waals surface area contributed by atoms with Crippen LogP contribution in [0.15, 0.2) is 29.3 Å². The van der Waals surface area contributed by atoms with Crippen LogP contribution in [0.4, 0.5) is 4.39 Å². The molecule has 0 fully saturated rings. The second-order valence-electron chi connectivity index (χ2n) is 7.50. The lowest BCUT2D eigenvalue weighted by Gasteiger charge is -2.17. The third-order valence-corrected chi connectivity index (χ3v) is 5.30. The van der Waals surface area contributed by atoms with Crippen LogP contribution >= 0.6 is 0 Å². The van der Waals surface area contributed by atoms with Crippen LogP contribution in [0.2, 0.25) is 0 Å². The maximum Gasteiger partial charge on any atom is 0.191 e.